The Labute approximate surface area is 108 Å². The van der Waals surface area contributed by atoms with Crippen LogP contribution in [0.4, 0.5) is 8.78 Å². The van der Waals surface area contributed by atoms with E-state index in [1.54, 1.807) is 7.05 Å². The number of nitrogens with one attached hydrogen (secondary N) is 2. The van der Waals surface area contributed by atoms with E-state index in [4.69, 9.17) is 0 Å². The quantitative estimate of drug-likeness (QED) is 0.569. The number of hydrogen-bond donors (Lipinski definition) is 2. The van der Waals surface area contributed by atoms with Crippen LogP contribution < -0.4 is 10.6 Å². The van der Waals surface area contributed by atoms with Crippen LogP contribution in [0.2, 0.25) is 0 Å². The molecular weight excluding hydrogens is 236 g/mol. The lowest BCUT2D eigenvalue weighted by Crippen LogP contribution is -2.47. The SMILES string of the molecule is CN=C(NCC(F)F)NCC1(CC(C)C)CCC1. The molecule has 0 saturated heterocycles. The lowest BCUT2D eigenvalue weighted by Gasteiger charge is -2.43. The van der Waals surface area contributed by atoms with Crippen molar-refractivity contribution >= 4 is 5.96 Å². The van der Waals surface area contributed by atoms with Crippen molar-refractivity contribution in [2.75, 3.05) is 20.1 Å². The fraction of sp³-hybridized carbons (Fsp3) is 0.923. The van der Waals surface area contributed by atoms with Gasteiger partial charge in [-0.1, -0.05) is 20.3 Å². The monoisotopic (exact) mass is 261 g/mol. The molecule has 0 heterocycles. The third-order valence-electron chi connectivity index (χ3n) is 3.53. The second-order valence-electron chi connectivity index (χ2n) is 5.65. The van der Waals surface area contributed by atoms with Gasteiger partial charge in [0.25, 0.3) is 6.43 Å². The summed E-state index contributed by atoms with van der Waals surface area (Å²) in [7, 11) is 1.61. The number of halogens is 2. The molecule has 106 valence electrons. The number of alkyl halides is 2. The molecule has 1 fully saturated rings. The highest BCUT2D eigenvalue weighted by atomic mass is 19.3. The van der Waals surface area contributed by atoms with E-state index in [9.17, 15) is 8.78 Å². The molecule has 0 amide bonds. The first kappa shape index (κ1) is 15.2. The summed E-state index contributed by atoms with van der Waals surface area (Å²) in [6, 6.07) is 0. The van der Waals surface area contributed by atoms with E-state index in [1.165, 1.54) is 25.7 Å². The lowest BCUT2D eigenvalue weighted by molar-refractivity contribution is 0.104. The summed E-state index contributed by atoms with van der Waals surface area (Å²) in [4.78, 5) is 3.96. The molecular formula is C13H25F2N3. The second-order valence-corrected chi connectivity index (χ2v) is 5.65. The standard InChI is InChI=1S/C13H25F2N3/c1-10(2)7-13(5-4-6-13)9-18-12(16-3)17-8-11(14)15/h10-11H,4-9H2,1-3H3,(H2,16,17,18). The van der Waals surface area contributed by atoms with Gasteiger partial charge in [0.05, 0.1) is 6.54 Å². The Bertz CT molecular complexity index is 273. The molecule has 3 nitrogen and oxygen atoms in total. The third-order valence-corrected chi connectivity index (χ3v) is 3.53. The second kappa shape index (κ2) is 6.90. The van der Waals surface area contributed by atoms with E-state index >= 15 is 0 Å². The van der Waals surface area contributed by atoms with Gasteiger partial charge in [0, 0.05) is 13.6 Å². The Morgan fingerprint density at radius 1 is 1.28 bits per heavy atom. The highest BCUT2D eigenvalue weighted by molar-refractivity contribution is 5.79. The van der Waals surface area contributed by atoms with Gasteiger partial charge >= 0.3 is 0 Å². The Morgan fingerprint density at radius 3 is 2.33 bits per heavy atom. The van der Waals surface area contributed by atoms with Crippen LogP contribution >= 0.6 is 0 Å². The number of guanidine groups is 1. The molecule has 0 bridgehead atoms. The Balaban J connectivity index is 2.37. The summed E-state index contributed by atoms with van der Waals surface area (Å²) in [6.45, 7) is 4.93. The van der Waals surface area contributed by atoms with Crippen LogP contribution in [0.1, 0.15) is 39.5 Å². The number of nitrogens with zero attached hydrogens (tertiary/aromatic N) is 1. The van der Waals surface area contributed by atoms with Crippen molar-refractivity contribution in [2.24, 2.45) is 16.3 Å². The number of rotatable bonds is 6. The van der Waals surface area contributed by atoms with Crippen molar-refractivity contribution in [3.8, 4) is 0 Å². The summed E-state index contributed by atoms with van der Waals surface area (Å²) in [6.07, 6.45) is 2.56. The van der Waals surface area contributed by atoms with E-state index in [0.29, 0.717) is 17.3 Å². The molecule has 0 aliphatic heterocycles. The van der Waals surface area contributed by atoms with Gasteiger partial charge in [-0.15, -0.1) is 0 Å². The minimum Gasteiger partial charge on any atom is -0.356 e. The molecule has 0 atom stereocenters. The molecule has 5 heteroatoms. The average molecular weight is 261 g/mol. The molecule has 1 aliphatic rings. The molecule has 0 aromatic heterocycles. The molecule has 1 rings (SSSR count). The van der Waals surface area contributed by atoms with Crippen molar-refractivity contribution < 1.29 is 8.78 Å². The van der Waals surface area contributed by atoms with E-state index in [2.05, 4.69) is 29.5 Å². The smallest absolute Gasteiger partial charge is 0.255 e. The number of hydrogen-bond acceptors (Lipinski definition) is 1. The molecule has 0 radical (unpaired) electrons. The van der Waals surface area contributed by atoms with Crippen LogP contribution in [0.15, 0.2) is 4.99 Å². The maximum Gasteiger partial charge on any atom is 0.255 e. The molecule has 1 aliphatic carbocycles. The minimum absolute atomic E-state index is 0.344. The third kappa shape index (κ3) is 4.78. The summed E-state index contributed by atoms with van der Waals surface area (Å²) in [5.41, 5.74) is 0.344. The predicted octanol–water partition coefficient (Wildman–Crippen LogP) is 2.63. The Hall–Kier alpha value is -0.870. The molecule has 0 spiro atoms. The van der Waals surface area contributed by atoms with Gasteiger partial charge in [-0.05, 0) is 30.6 Å². The first-order valence-corrected chi connectivity index (χ1v) is 6.70. The zero-order chi connectivity index (χ0) is 13.6. The normalized spacial score (nSPS) is 18.9. The van der Waals surface area contributed by atoms with Gasteiger partial charge in [0.15, 0.2) is 5.96 Å². The van der Waals surface area contributed by atoms with Gasteiger partial charge < -0.3 is 10.6 Å². The fourth-order valence-electron chi connectivity index (χ4n) is 2.66. The van der Waals surface area contributed by atoms with Crippen LogP contribution in [-0.2, 0) is 0 Å². The zero-order valence-corrected chi connectivity index (χ0v) is 11.6. The van der Waals surface area contributed by atoms with Crippen molar-refractivity contribution in [2.45, 2.75) is 46.0 Å². The molecule has 0 unspecified atom stereocenters. The van der Waals surface area contributed by atoms with Crippen LogP contribution in [0, 0.1) is 11.3 Å². The van der Waals surface area contributed by atoms with Gasteiger partial charge in [-0.3, -0.25) is 4.99 Å². The fourth-order valence-corrected chi connectivity index (χ4v) is 2.66. The average Bonchev–Trinajstić information content (AvgIpc) is 2.24. The van der Waals surface area contributed by atoms with Crippen molar-refractivity contribution in [1.29, 1.82) is 0 Å². The topological polar surface area (TPSA) is 36.4 Å². The van der Waals surface area contributed by atoms with Gasteiger partial charge in [0.1, 0.15) is 0 Å². The minimum atomic E-state index is -2.35. The number of aliphatic imine (C=N–C) groups is 1. The Morgan fingerprint density at radius 2 is 1.94 bits per heavy atom. The lowest BCUT2D eigenvalue weighted by atomic mass is 9.64. The van der Waals surface area contributed by atoms with E-state index in [1.807, 2.05) is 0 Å². The highest BCUT2D eigenvalue weighted by Crippen LogP contribution is 2.45. The maximum absolute atomic E-state index is 12.1. The van der Waals surface area contributed by atoms with E-state index in [0.717, 1.165) is 6.54 Å². The molecule has 18 heavy (non-hydrogen) atoms. The van der Waals surface area contributed by atoms with Gasteiger partial charge in [-0.25, -0.2) is 8.78 Å². The summed E-state index contributed by atoms with van der Waals surface area (Å²) < 4.78 is 24.2. The molecule has 0 aromatic rings. The van der Waals surface area contributed by atoms with Crippen LogP contribution in [0.25, 0.3) is 0 Å². The van der Waals surface area contributed by atoms with E-state index < -0.39 is 6.43 Å². The molecule has 0 aromatic carbocycles. The molecule has 2 N–H and O–H groups in total. The zero-order valence-electron chi connectivity index (χ0n) is 11.6. The Kier molecular flexibility index (Phi) is 5.82. The summed E-state index contributed by atoms with van der Waals surface area (Å²) in [5.74, 6) is 1.15. The molecule has 1 saturated carbocycles. The van der Waals surface area contributed by atoms with Gasteiger partial charge in [0.2, 0.25) is 0 Å². The predicted molar refractivity (Wildman–Crippen MR) is 71.1 cm³/mol. The van der Waals surface area contributed by atoms with Crippen LogP contribution in [-0.4, -0.2) is 32.5 Å². The van der Waals surface area contributed by atoms with Crippen LogP contribution in [0.5, 0.6) is 0 Å². The van der Waals surface area contributed by atoms with Crippen LogP contribution in [0.3, 0.4) is 0 Å². The summed E-state index contributed by atoms with van der Waals surface area (Å²) >= 11 is 0. The van der Waals surface area contributed by atoms with Gasteiger partial charge in [-0.2, -0.15) is 0 Å². The first-order valence-electron chi connectivity index (χ1n) is 6.70. The summed E-state index contributed by atoms with van der Waals surface area (Å²) in [5, 5.41) is 5.81. The van der Waals surface area contributed by atoms with Crippen molar-refractivity contribution in [1.82, 2.24) is 10.6 Å². The van der Waals surface area contributed by atoms with Crippen molar-refractivity contribution in [3.63, 3.8) is 0 Å². The van der Waals surface area contributed by atoms with E-state index in [-0.39, 0.29) is 6.54 Å². The van der Waals surface area contributed by atoms with Crippen molar-refractivity contribution in [3.05, 3.63) is 0 Å². The first-order chi connectivity index (χ1) is 8.47. The highest BCUT2D eigenvalue weighted by Gasteiger charge is 2.37. The largest absolute Gasteiger partial charge is 0.356 e. The maximum atomic E-state index is 12.1.